The second-order valence-corrected chi connectivity index (χ2v) is 5.16. The Bertz CT molecular complexity index is 369. The summed E-state index contributed by atoms with van der Waals surface area (Å²) in [5.74, 6) is 0.950. The summed E-state index contributed by atoms with van der Waals surface area (Å²) in [6, 6.07) is 5.91. The maximum absolute atomic E-state index is 8.74. The van der Waals surface area contributed by atoms with Crippen LogP contribution in [-0.4, -0.2) is 29.6 Å². The van der Waals surface area contributed by atoms with Gasteiger partial charge >= 0.3 is 0 Å². The molecule has 0 aliphatic heterocycles. The Kier molecular flexibility index (Phi) is 5.73. The van der Waals surface area contributed by atoms with Crippen LogP contribution < -0.4 is 5.73 Å². The third-order valence-electron chi connectivity index (χ3n) is 2.04. The lowest BCUT2D eigenvalue weighted by molar-refractivity contribution is 0.296. The highest BCUT2D eigenvalue weighted by atomic mass is 32.2. The maximum Gasteiger partial charge on any atom is 0.125 e. The fourth-order valence-electron chi connectivity index (χ4n) is 1.31. The van der Waals surface area contributed by atoms with Gasteiger partial charge in [-0.3, -0.25) is 5.41 Å². The third kappa shape index (κ3) is 3.43. The Morgan fingerprint density at radius 1 is 1.44 bits per heavy atom. The topological polar surface area (TPSA) is 70.1 Å². The molecular weight excluding hydrogens is 240 g/mol. The van der Waals surface area contributed by atoms with Gasteiger partial charge < -0.3 is 10.8 Å². The summed E-state index contributed by atoms with van der Waals surface area (Å²) in [5.41, 5.74) is 6.42. The van der Waals surface area contributed by atoms with Crippen molar-refractivity contribution in [1.82, 2.24) is 0 Å². The number of nitrogens with two attached hydrogens (primary N) is 1. The second-order valence-electron chi connectivity index (χ2n) is 3.17. The van der Waals surface area contributed by atoms with Crippen LogP contribution in [0.5, 0.6) is 0 Å². The summed E-state index contributed by atoms with van der Waals surface area (Å²) in [7, 11) is 0. The van der Waals surface area contributed by atoms with Crippen molar-refractivity contribution in [3.05, 3.63) is 23.8 Å². The first-order chi connectivity index (χ1) is 7.70. The minimum atomic E-state index is 0.108. The molecule has 0 radical (unpaired) electrons. The molecule has 0 aliphatic carbocycles. The molecule has 0 atom stereocenters. The number of nitrogen functional groups attached to an aromatic ring is 1. The largest absolute Gasteiger partial charge is 0.396 e. The SMILES string of the molecule is CSc1cccc(SCCCO)c1C(=N)N. The van der Waals surface area contributed by atoms with Crippen molar-refractivity contribution < 1.29 is 5.11 Å². The summed E-state index contributed by atoms with van der Waals surface area (Å²) in [4.78, 5) is 2.05. The monoisotopic (exact) mass is 256 g/mol. The first-order valence-electron chi connectivity index (χ1n) is 4.95. The molecule has 0 saturated carbocycles. The lowest BCUT2D eigenvalue weighted by Gasteiger charge is -2.11. The van der Waals surface area contributed by atoms with E-state index in [4.69, 9.17) is 16.2 Å². The van der Waals surface area contributed by atoms with Gasteiger partial charge in [0.15, 0.2) is 0 Å². The third-order valence-corrected chi connectivity index (χ3v) is 3.96. The fraction of sp³-hybridized carbons (Fsp3) is 0.364. The molecule has 0 spiro atoms. The summed E-state index contributed by atoms with van der Waals surface area (Å²) in [6.07, 6.45) is 2.73. The summed E-state index contributed by atoms with van der Waals surface area (Å²) in [5, 5.41) is 16.3. The van der Waals surface area contributed by atoms with Crippen LogP contribution in [0.3, 0.4) is 0 Å². The normalized spacial score (nSPS) is 10.4. The molecule has 0 unspecified atom stereocenters. The molecule has 88 valence electrons. The van der Waals surface area contributed by atoms with Gasteiger partial charge in [-0.2, -0.15) is 0 Å². The summed E-state index contributed by atoms with van der Waals surface area (Å²) >= 11 is 3.23. The quantitative estimate of drug-likeness (QED) is 0.316. The van der Waals surface area contributed by atoms with E-state index in [2.05, 4.69) is 0 Å². The van der Waals surface area contributed by atoms with Crippen LogP contribution in [0.1, 0.15) is 12.0 Å². The van der Waals surface area contributed by atoms with Gasteiger partial charge in [0, 0.05) is 27.7 Å². The Morgan fingerprint density at radius 3 is 2.69 bits per heavy atom. The van der Waals surface area contributed by atoms with Crippen LogP contribution in [0.2, 0.25) is 0 Å². The van der Waals surface area contributed by atoms with Gasteiger partial charge in [-0.25, -0.2) is 0 Å². The standard InChI is InChI=1S/C11H16N2OS2/c1-15-8-4-2-5-9(10(8)11(12)13)16-7-3-6-14/h2,4-5,14H,3,6-7H2,1H3,(H3,12,13). The van der Waals surface area contributed by atoms with Gasteiger partial charge in [0.05, 0.1) is 0 Å². The minimum Gasteiger partial charge on any atom is -0.396 e. The molecular formula is C11H16N2OS2. The number of benzene rings is 1. The molecule has 1 rings (SSSR count). The van der Waals surface area contributed by atoms with E-state index in [-0.39, 0.29) is 12.4 Å². The van der Waals surface area contributed by atoms with Gasteiger partial charge in [-0.15, -0.1) is 23.5 Å². The van der Waals surface area contributed by atoms with E-state index in [1.54, 1.807) is 23.5 Å². The zero-order valence-electron chi connectivity index (χ0n) is 9.19. The fourth-order valence-corrected chi connectivity index (χ4v) is 3.05. The van der Waals surface area contributed by atoms with Crippen LogP contribution in [0.4, 0.5) is 0 Å². The van der Waals surface area contributed by atoms with Crippen molar-refractivity contribution in [2.75, 3.05) is 18.6 Å². The molecule has 0 heterocycles. The van der Waals surface area contributed by atoms with Crippen molar-refractivity contribution >= 4 is 29.4 Å². The highest BCUT2D eigenvalue weighted by molar-refractivity contribution is 8.00. The first-order valence-corrected chi connectivity index (χ1v) is 7.16. The van der Waals surface area contributed by atoms with Gasteiger partial charge in [-0.1, -0.05) is 6.07 Å². The van der Waals surface area contributed by atoms with Crippen molar-refractivity contribution in [3.8, 4) is 0 Å². The van der Waals surface area contributed by atoms with Gasteiger partial charge in [0.1, 0.15) is 5.84 Å². The molecule has 3 nitrogen and oxygen atoms in total. The van der Waals surface area contributed by atoms with E-state index in [0.717, 1.165) is 27.5 Å². The van der Waals surface area contributed by atoms with E-state index in [9.17, 15) is 0 Å². The lowest BCUT2D eigenvalue weighted by Crippen LogP contribution is -2.13. The van der Waals surface area contributed by atoms with Crippen molar-refractivity contribution in [1.29, 1.82) is 5.41 Å². The number of nitrogens with one attached hydrogen (secondary N) is 1. The molecule has 0 amide bonds. The number of thioether (sulfide) groups is 2. The molecule has 0 saturated heterocycles. The van der Waals surface area contributed by atoms with E-state index < -0.39 is 0 Å². The smallest absolute Gasteiger partial charge is 0.125 e. The molecule has 0 bridgehead atoms. The van der Waals surface area contributed by atoms with Crippen LogP contribution >= 0.6 is 23.5 Å². The van der Waals surface area contributed by atoms with E-state index >= 15 is 0 Å². The molecule has 1 aromatic rings. The molecule has 0 aliphatic rings. The average Bonchev–Trinajstić information content (AvgIpc) is 2.28. The minimum absolute atomic E-state index is 0.108. The number of amidine groups is 1. The van der Waals surface area contributed by atoms with Crippen LogP contribution in [-0.2, 0) is 0 Å². The van der Waals surface area contributed by atoms with Gasteiger partial charge in [0.2, 0.25) is 0 Å². The number of hydrogen-bond acceptors (Lipinski definition) is 4. The molecule has 0 aromatic heterocycles. The maximum atomic E-state index is 8.74. The van der Waals surface area contributed by atoms with Crippen LogP contribution in [0, 0.1) is 5.41 Å². The number of aliphatic hydroxyl groups is 1. The predicted molar refractivity (Wildman–Crippen MR) is 71.7 cm³/mol. The Morgan fingerprint density at radius 2 is 2.12 bits per heavy atom. The Hall–Kier alpha value is -0.650. The highest BCUT2D eigenvalue weighted by Crippen LogP contribution is 2.30. The molecule has 0 fully saturated rings. The van der Waals surface area contributed by atoms with E-state index in [1.165, 1.54) is 0 Å². The molecule has 16 heavy (non-hydrogen) atoms. The van der Waals surface area contributed by atoms with E-state index in [0.29, 0.717) is 0 Å². The van der Waals surface area contributed by atoms with Gasteiger partial charge in [0.25, 0.3) is 0 Å². The predicted octanol–water partition coefficient (Wildman–Crippen LogP) is 2.17. The van der Waals surface area contributed by atoms with Crippen molar-refractivity contribution in [2.45, 2.75) is 16.2 Å². The van der Waals surface area contributed by atoms with Crippen molar-refractivity contribution in [2.24, 2.45) is 5.73 Å². The summed E-state index contributed by atoms with van der Waals surface area (Å²) < 4.78 is 0. The molecule has 4 N–H and O–H groups in total. The zero-order valence-corrected chi connectivity index (χ0v) is 10.8. The van der Waals surface area contributed by atoms with Gasteiger partial charge in [-0.05, 0) is 24.8 Å². The zero-order chi connectivity index (χ0) is 12.0. The van der Waals surface area contributed by atoms with Crippen LogP contribution in [0.15, 0.2) is 28.0 Å². The first kappa shape index (κ1) is 13.4. The lowest BCUT2D eigenvalue weighted by atomic mass is 10.2. The number of rotatable bonds is 6. The Balaban J connectivity index is 2.93. The van der Waals surface area contributed by atoms with Crippen molar-refractivity contribution in [3.63, 3.8) is 0 Å². The molecule has 5 heteroatoms. The number of aliphatic hydroxyl groups excluding tert-OH is 1. The average molecular weight is 256 g/mol. The molecule has 1 aromatic carbocycles. The second kappa shape index (κ2) is 6.83. The highest BCUT2D eigenvalue weighted by Gasteiger charge is 2.10. The number of hydrogen-bond donors (Lipinski definition) is 3. The Labute approximate surface area is 104 Å². The summed E-state index contributed by atoms with van der Waals surface area (Å²) in [6.45, 7) is 0.199. The van der Waals surface area contributed by atoms with Crippen LogP contribution in [0.25, 0.3) is 0 Å². The van der Waals surface area contributed by atoms with E-state index in [1.807, 2.05) is 24.5 Å².